The van der Waals surface area contributed by atoms with E-state index in [4.69, 9.17) is 16.4 Å². The van der Waals surface area contributed by atoms with Crippen LogP contribution in [0.25, 0.3) is 0 Å². The molecule has 2 heteroatoms. The third kappa shape index (κ3) is 2.48. The molecule has 1 aliphatic heterocycles. The van der Waals surface area contributed by atoms with Crippen LogP contribution in [-0.2, 0) is 9.47 Å². The molecule has 2 nitrogen and oxygen atoms in total. The van der Waals surface area contributed by atoms with Gasteiger partial charge in [-0.1, -0.05) is 27.2 Å². The molecule has 0 N–H and O–H groups in total. The van der Waals surface area contributed by atoms with Gasteiger partial charge >= 0.3 is 0 Å². The Morgan fingerprint density at radius 1 is 1.21 bits per heavy atom. The molecule has 1 fully saturated rings. The lowest BCUT2D eigenvalue weighted by atomic mass is 9.92. The zero-order chi connectivity index (χ0) is 10.6. The van der Waals surface area contributed by atoms with Gasteiger partial charge in [-0.3, -0.25) is 0 Å². The Labute approximate surface area is 88.0 Å². The summed E-state index contributed by atoms with van der Waals surface area (Å²) < 4.78 is 11.6. The van der Waals surface area contributed by atoms with Crippen molar-refractivity contribution >= 4 is 0 Å². The Hall–Kier alpha value is -0.0800. The van der Waals surface area contributed by atoms with Crippen molar-refractivity contribution in [2.75, 3.05) is 13.2 Å². The molecule has 1 atom stereocenters. The molecule has 0 aliphatic carbocycles. The lowest BCUT2D eigenvalue weighted by Crippen LogP contribution is -2.44. The Kier molecular flexibility index (Phi) is 4.39. The molecule has 1 saturated heterocycles. The first-order valence-corrected chi connectivity index (χ1v) is 5.71. The predicted molar refractivity (Wildman–Crippen MR) is 56.8 cm³/mol. The molecular formula is C12H22O2. The number of ether oxygens (including phenoxy) is 2. The maximum atomic E-state index is 5.96. The highest BCUT2D eigenvalue weighted by Gasteiger charge is 2.35. The van der Waals surface area contributed by atoms with E-state index in [2.05, 4.69) is 20.8 Å². The van der Waals surface area contributed by atoms with E-state index in [1.807, 2.05) is 0 Å². The van der Waals surface area contributed by atoms with Gasteiger partial charge in [-0.15, -0.1) is 0 Å². The van der Waals surface area contributed by atoms with Crippen molar-refractivity contribution in [3.8, 4) is 0 Å². The van der Waals surface area contributed by atoms with Crippen LogP contribution in [-0.4, -0.2) is 19.0 Å². The molecule has 0 aromatic heterocycles. The summed E-state index contributed by atoms with van der Waals surface area (Å²) in [6, 6.07) is 0. The highest BCUT2D eigenvalue weighted by Crippen LogP contribution is 2.31. The van der Waals surface area contributed by atoms with Crippen molar-refractivity contribution in [1.29, 1.82) is 0 Å². The SMILES string of the molecule is [CH]C(CC)C1COC(CC)(CC)OC1. The summed E-state index contributed by atoms with van der Waals surface area (Å²) in [5, 5.41) is 0. The van der Waals surface area contributed by atoms with E-state index in [1.54, 1.807) is 0 Å². The van der Waals surface area contributed by atoms with Gasteiger partial charge in [0.1, 0.15) is 0 Å². The molecule has 0 aromatic carbocycles. The van der Waals surface area contributed by atoms with Gasteiger partial charge in [0.15, 0.2) is 5.79 Å². The Balaban J connectivity index is 2.44. The van der Waals surface area contributed by atoms with Crippen LogP contribution in [0.3, 0.4) is 0 Å². The van der Waals surface area contributed by atoms with E-state index < -0.39 is 0 Å². The van der Waals surface area contributed by atoms with Crippen LogP contribution in [0.15, 0.2) is 0 Å². The van der Waals surface area contributed by atoms with Crippen molar-refractivity contribution in [3.63, 3.8) is 0 Å². The minimum atomic E-state index is -0.329. The molecule has 0 amide bonds. The first-order chi connectivity index (χ1) is 6.67. The third-order valence-corrected chi connectivity index (χ3v) is 3.28. The molecule has 0 aromatic rings. The predicted octanol–water partition coefficient (Wildman–Crippen LogP) is 2.90. The second-order valence-electron chi connectivity index (χ2n) is 4.07. The molecule has 2 radical (unpaired) electrons. The lowest BCUT2D eigenvalue weighted by Gasteiger charge is -2.40. The van der Waals surface area contributed by atoms with Crippen molar-refractivity contribution in [2.24, 2.45) is 11.8 Å². The van der Waals surface area contributed by atoms with Crippen LogP contribution in [0, 0.1) is 18.8 Å². The highest BCUT2D eigenvalue weighted by molar-refractivity contribution is 4.78. The van der Waals surface area contributed by atoms with Crippen LogP contribution >= 0.6 is 0 Å². The van der Waals surface area contributed by atoms with Crippen molar-refractivity contribution in [1.82, 2.24) is 0 Å². The van der Waals surface area contributed by atoms with E-state index in [9.17, 15) is 0 Å². The number of hydrogen-bond donors (Lipinski definition) is 0. The van der Waals surface area contributed by atoms with Gasteiger partial charge in [0, 0.05) is 5.92 Å². The second kappa shape index (κ2) is 5.13. The molecule has 0 bridgehead atoms. The monoisotopic (exact) mass is 198 g/mol. The van der Waals surface area contributed by atoms with Gasteiger partial charge in [0.2, 0.25) is 0 Å². The molecule has 1 aliphatic rings. The molecule has 82 valence electrons. The fraction of sp³-hybridized carbons (Fsp3) is 0.917. The summed E-state index contributed by atoms with van der Waals surface area (Å²) in [4.78, 5) is 0. The molecule has 0 spiro atoms. The number of rotatable bonds is 4. The van der Waals surface area contributed by atoms with Crippen molar-refractivity contribution in [3.05, 3.63) is 6.92 Å². The van der Waals surface area contributed by atoms with Crippen LogP contribution in [0.4, 0.5) is 0 Å². The van der Waals surface area contributed by atoms with E-state index >= 15 is 0 Å². The highest BCUT2D eigenvalue weighted by atomic mass is 16.7. The quantitative estimate of drug-likeness (QED) is 0.691. The average Bonchev–Trinajstić information content (AvgIpc) is 2.28. The van der Waals surface area contributed by atoms with E-state index in [1.165, 1.54) is 0 Å². The summed E-state index contributed by atoms with van der Waals surface area (Å²) in [5.74, 6) is 0.247. The van der Waals surface area contributed by atoms with Gasteiger partial charge in [-0.2, -0.15) is 0 Å². The standard InChI is InChI=1S/C12H22O2/c1-5-10(4)11-8-13-12(6-2,7-3)14-9-11/h4,10-11H,5-9H2,1-3H3. The Morgan fingerprint density at radius 3 is 2.07 bits per heavy atom. The van der Waals surface area contributed by atoms with Crippen LogP contribution in [0.2, 0.25) is 0 Å². The first-order valence-electron chi connectivity index (χ1n) is 5.71. The van der Waals surface area contributed by atoms with Crippen molar-refractivity contribution < 1.29 is 9.47 Å². The van der Waals surface area contributed by atoms with Gasteiger partial charge in [-0.05, 0) is 25.7 Å². The summed E-state index contributed by atoms with van der Waals surface area (Å²) >= 11 is 0. The summed E-state index contributed by atoms with van der Waals surface area (Å²) in [5.41, 5.74) is 0. The maximum absolute atomic E-state index is 5.96. The fourth-order valence-corrected chi connectivity index (χ4v) is 1.85. The van der Waals surface area contributed by atoms with Crippen LogP contribution in [0.1, 0.15) is 40.0 Å². The van der Waals surface area contributed by atoms with Gasteiger partial charge in [0.25, 0.3) is 0 Å². The van der Waals surface area contributed by atoms with Gasteiger partial charge in [0.05, 0.1) is 13.2 Å². The normalized spacial score (nSPS) is 24.9. The Bertz CT molecular complexity index is 154. The van der Waals surface area contributed by atoms with Gasteiger partial charge < -0.3 is 9.47 Å². The van der Waals surface area contributed by atoms with Crippen LogP contribution < -0.4 is 0 Å². The minimum absolute atomic E-state index is 0.210. The summed E-state index contributed by atoms with van der Waals surface area (Å²) in [6.45, 7) is 13.8. The van der Waals surface area contributed by atoms with Crippen LogP contribution in [0.5, 0.6) is 0 Å². The fourth-order valence-electron chi connectivity index (χ4n) is 1.85. The largest absolute Gasteiger partial charge is 0.350 e. The lowest BCUT2D eigenvalue weighted by molar-refractivity contribution is -0.289. The van der Waals surface area contributed by atoms with Gasteiger partial charge in [-0.25, -0.2) is 0 Å². The molecule has 1 unspecified atom stereocenters. The summed E-state index contributed by atoms with van der Waals surface area (Å²) in [6.07, 6.45) is 2.82. The second-order valence-corrected chi connectivity index (χ2v) is 4.07. The van der Waals surface area contributed by atoms with E-state index in [-0.39, 0.29) is 11.7 Å². The smallest absolute Gasteiger partial charge is 0.167 e. The molecule has 0 saturated carbocycles. The first kappa shape index (κ1) is 12.0. The maximum Gasteiger partial charge on any atom is 0.167 e. The topological polar surface area (TPSA) is 18.5 Å². The zero-order valence-electron chi connectivity index (χ0n) is 9.58. The van der Waals surface area contributed by atoms with Crippen molar-refractivity contribution in [2.45, 2.75) is 45.8 Å². The minimum Gasteiger partial charge on any atom is -0.350 e. The third-order valence-electron chi connectivity index (χ3n) is 3.28. The molecule has 1 rings (SSSR count). The average molecular weight is 198 g/mol. The molecular weight excluding hydrogens is 176 g/mol. The number of hydrogen-bond acceptors (Lipinski definition) is 2. The Morgan fingerprint density at radius 2 is 1.71 bits per heavy atom. The molecule has 14 heavy (non-hydrogen) atoms. The van der Waals surface area contributed by atoms with E-state index in [0.29, 0.717) is 5.92 Å². The summed E-state index contributed by atoms with van der Waals surface area (Å²) in [7, 11) is 0. The van der Waals surface area contributed by atoms with E-state index in [0.717, 1.165) is 32.5 Å². The zero-order valence-corrected chi connectivity index (χ0v) is 9.58. The molecule has 1 heterocycles.